The van der Waals surface area contributed by atoms with E-state index in [4.69, 9.17) is 80.5 Å². The summed E-state index contributed by atoms with van der Waals surface area (Å²) < 4.78 is 85.3. The lowest BCUT2D eigenvalue weighted by Crippen LogP contribution is -2.61. The topological polar surface area (TPSA) is 473 Å². The van der Waals surface area contributed by atoms with Crippen molar-refractivity contribution in [1.82, 2.24) is 26.6 Å². The Labute approximate surface area is 786 Å². The Hall–Kier alpha value is -4.49. The van der Waals surface area contributed by atoms with Crippen LogP contribution in [0, 0.1) is 16.2 Å². The van der Waals surface area contributed by atoms with Gasteiger partial charge in [-0.2, -0.15) is 0 Å². The van der Waals surface area contributed by atoms with Crippen LogP contribution in [0.1, 0.15) is 138 Å². The summed E-state index contributed by atoms with van der Waals surface area (Å²) in [6.45, 7) is 19.8. The zero-order valence-electron chi connectivity index (χ0n) is 73.4. The second-order valence-electron chi connectivity index (χ2n) is 33.6. The first-order chi connectivity index (χ1) is 56.2. The van der Waals surface area contributed by atoms with Gasteiger partial charge in [0.2, 0.25) is 29.5 Å². The Bertz CT molecular complexity index is 2930. The Balaban J connectivity index is 7.93. The quantitative estimate of drug-likeness (QED) is 0.0140. The zero-order valence-corrected chi connectivity index (χ0v) is 86.1. The van der Waals surface area contributed by atoms with Gasteiger partial charge in [0, 0.05) is 31.5 Å². The van der Waals surface area contributed by atoms with Gasteiger partial charge in [-0.15, -0.1) is 6.58 Å². The van der Waals surface area contributed by atoms with E-state index in [-0.39, 0.29) is 39.6 Å². The molecule has 0 aliphatic carbocycles. The van der Waals surface area contributed by atoms with E-state index in [1.54, 1.807) is 26.8 Å². The van der Waals surface area contributed by atoms with Crippen LogP contribution in [0.4, 0.5) is 0 Å². The second kappa shape index (κ2) is 54.9. The number of hydrogen-bond donors (Lipinski definition) is 5. The largest absolute Gasteiger partial charge is 0.464 e. The Morgan fingerprint density at radius 3 is 0.724 bits per heavy atom. The Morgan fingerprint density at radius 1 is 0.260 bits per heavy atom. The summed E-state index contributed by atoms with van der Waals surface area (Å²) in [5.41, 5.74) is -8.48. The molecule has 0 fully saturated rings. The number of carbonyl (C=O) groups excluding carboxylic acids is 15. The highest BCUT2D eigenvalue weighted by atomic mass is 79.9. The molecule has 0 radical (unpaired) electrons. The lowest BCUT2D eigenvalue weighted by Gasteiger charge is -2.35. The maximum Gasteiger partial charge on any atom is 0.322 e. The van der Waals surface area contributed by atoms with E-state index in [1.807, 2.05) is 0 Å². The number of nitrogens with one attached hydrogen (secondary N) is 5. The van der Waals surface area contributed by atoms with Gasteiger partial charge in [0.15, 0.2) is 5.78 Å². The molecule has 0 bridgehead atoms. The van der Waals surface area contributed by atoms with Crippen LogP contribution in [0.3, 0.4) is 0 Å². The van der Waals surface area contributed by atoms with E-state index < -0.39 is 283 Å². The predicted molar refractivity (Wildman–Crippen MR) is 474 cm³/mol. The number of alkyl halides is 8. The molecule has 0 aliphatic heterocycles. The molecule has 0 saturated carbocycles. The zero-order chi connectivity index (χ0) is 94.9. The van der Waals surface area contributed by atoms with Gasteiger partial charge in [-0.05, 0) is 132 Å². The summed E-state index contributed by atoms with van der Waals surface area (Å²) in [7, 11) is 0. The van der Waals surface area contributed by atoms with Gasteiger partial charge in [0.1, 0.15) is 145 Å². The summed E-state index contributed by atoms with van der Waals surface area (Å²) in [5.74, 6) is -12.9. The summed E-state index contributed by atoms with van der Waals surface area (Å²) in [6, 6.07) is 0. The van der Waals surface area contributed by atoms with Gasteiger partial charge >= 0.3 is 53.7 Å². The van der Waals surface area contributed by atoms with Crippen LogP contribution in [0.25, 0.3) is 0 Å². The van der Waals surface area contributed by atoms with Crippen molar-refractivity contribution < 1.29 is 152 Å². The monoisotopic (exact) mass is 2270 g/mol. The maximum atomic E-state index is 14.1. The minimum absolute atomic E-state index is 0.0678. The van der Waals surface area contributed by atoms with E-state index in [0.717, 1.165) is 0 Å². The number of halogens is 8. The molecule has 0 rings (SSSR count). The Morgan fingerprint density at radius 2 is 0.480 bits per heavy atom. The van der Waals surface area contributed by atoms with Crippen molar-refractivity contribution in [2.75, 3.05) is 185 Å². The summed E-state index contributed by atoms with van der Waals surface area (Å²) >= 11 is 25.9. The summed E-state index contributed by atoms with van der Waals surface area (Å²) in [5, 5.41) is 13.1. The third-order valence-corrected chi connectivity index (χ3v) is 18.4. The SMILES string of the molecule is C=CCOCCOCCOCCOCCOCC(CNC(=O)COCC(=O)CC(COC(=O)C(C)(C)Br)(COC(=O)C(C)(C)Br)COC(=O)C(C)(C)Br)(CNC(=O)COCC(=O)NC(COC(=O)C(C)(C)C)(COC(=O)C(C)(C)Br)COC(=O)C(C)(C)Br)CNC(=O)COCC(=O)NC(COC(=O)C(C)(C)Br)(COC(=O)C(C)(C)Br)COC(=O)C(C)(C)Br. The molecule has 0 aromatic carbocycles. The molecule has 45 heteroatoms. The highest BCUT2D eigenvalue weighted by Crippen LogP contribution is 2.32. The molecule has 5 amide bonds. The van der Waals surface area contributed by atoms with Gasteiger partial charge in [-0.3, -0.25) is 71.9 Å². The molecule has 5 N–H and O–H groups in total. The lowest BCUT2D eigenvalue weighted by molar-refractivity contribution is -0.167. The average molecular weight is 2280 g/mol. The summed E-state index contributed by atoms with van der Waals surface area (Å²) in [6.07, 6.45) is 0.974. The van der Waals surface area contributed by atoms with Crippen LogP contribution in [-0.2, 0) is 152 Å². The van der Waals surface area contributed by atoms with Crippen LogP contribution in [0.5, 0.6) is 0 Å². The maximum absolute atomic E-state index is 14.1. The fraction of sp³-hybridized carbons (Fsp3) is 0.782. The molecule has 0 spiro atoms. The molecular weight excluding hydrogens is 2160 g/mol. The molecule has 1 unspecified atom stereocenters. The van der Waals surface area contributed by atoms with Crippen molar-refractivity contribution in [3.05, 3.63) is 12.7 Å². The van der Waals surface area contributed by atoms with E-state index in [9.17, 15) is 71.9 Å². The van der Waals surface area contributed by atoms with Gasteiger partial charge in [-0.1, -0.05) is 134 Å². The van der Waals surface area contributed by atoms with Gasteiger partial charge < -0.3 is 107 Å². The fourth-order valence-corrected chi connectivity index (χ4v) is 9.58. The number of rotatable bonds is 64. The predicted octanol–water partition coefficient (Wildman–Crippen LogP) is 6.62. The van der Waals surface area contributed by atoms with Crippen molar-refractivity contribution in [2.24, 2.45) is 16.2 Å². The van der Waals surface area contributed by atoms with Crippen LogP contribution >= 0.6 is 127 Å². The lowest BCUT2D eigenvalue weighted by atomic mass is 9.85. The number of esters is 9. The third kappa shape index (κ3) is 52.7. The summed E-state index contributed by atoms with van der Waals surface area (Å²) in [4.78, 5) is 203. The van der Waals surface area contributed by atoms with Gasteiger partial charge in [0.05, 0.1) is 76.9 Å². The van der Waals surface area contributed by atoms with E-state index >= 15 is 0 Å². The van der Waals surface area contributed by atoms with Crippen LogP contribution < -0.4 is 26.6 Å². The Kier molecular flexibility index (Phi) is 52.9. The number of ketones is 1. The number of amides is 5. The van der Waals surface area contributed by atoms with Crippen LogP contribution in [0.2, 0.25) is 0 Å². The van der Waals surface area contributed by atoms with Crippen molar-refractivity contribution in [2.45, 2.75) is 184 Å². The number of carbonyl (C=O) groups is 15. The molecule has 0 heterocycles. The molecular formula is C78H123Br8N5O32. The van der Waals surface area contributed by atoms with E-state index in [0.29, 0.717) is 19.8 Å². The van der Waals surface area contributed by atoms with E-state index in [2.05, 4.69) is 161 Å². The molecule has 0 saturated heterocycles. The minimum atomic E-state index is -2.00. The highest BCUT2D eigenvalue weighted by Gasteiger charge is 2.46. The molecule has 1 atom stereocenters. The first-order valence-electron chi connectivity index (χ1n) is 38.4. The number of Topliss-reactive ketones (excluding diaryl/α,β-unsaturated/α-hetero) is 1. The average Bonchev–Trinajstić information content (AvgIpc) is 0.842. The molecule has 0 aromatic rings. The molecule has 123 heavy (non-hydrogen) atoms. The van der Waals surface area contributed by atoms with Crippen molar-refractivity contribution in [3.63, 3.8) is 0 Å². The van der Waals surface area contributed by atoms with Crippen LogP contribution in [-0.4, -0.2) is 320 Å². The molecule has 0 aromatic heterocycles. The van der Waals surface area contributed by atoms with Crippen molar-refractivity contribution in [3.8, 4) is 0 Å². The first kappa shape index (κ1) is 119. The number of ether oxygens (including phenoxy) is 17. The smallest absolute Gasteiger partial charge is 0.322 e. The first-order valence-corrected chi connectivity index (χ1v) is 44.8. The van der Waals surface area contributed by atoms with Gasteiger partial charge in [-0.25, -0.2) is 0 Å². The molecule has 37 nitrogen and oxygen atoms in total. The van der Waals surface area contributed by atoms with E-state index in [1.165, 1.54) is 111 Å². The third-order valence-electron chi connectivity index (χ3n) is 15.8. The standard InChI is InChI=1S/C78H123Br8N5O32/c1-21-22-107-23-24-108-25-26-109-27-28-110-29-30-111-41-76(38-87-52(93)33-112-32-51(92)31-75(42-115-58(99)67(5,6)79,43-116-59(100)68(7,8)80)44-117-60(101)69(9,10)81,39-88-53(94)34-113-36-55(96)90-77(45-118-57(98)66(2,3)4,46-119-61(102)70(11,12)82)47-120-62(103)71(13,14)83)40-89-54(95)35-114-37-56(97)91-78(48-121-63(104)72(15,16)84,49-122-64(105)73(17,18)85)50-123-65(106)74(19,20)86/h21H,1,22-50H2,2-20H3,(H,87,93)(H,88,94)(H,89,95)(H,90,96)(H,91,97). The van der Waals surface area contributed by atoms with Crippen LogP contribution in [0.15, 0.2) is 12.7 Å². The van der Waals surface area contributed by atoms with Crippen molar-refractivity contribution >= 4 is 216 Å². The minimum Gasteiger partial charge on any atom is -0.464 e. The normalized spacial score (nSPS) is 13.2. The molecule has 708 valence electrons. The van der Waals surface area contributed by atoms with Gasteiger partial charge in [0.25, 0.3) is 0 Å². The second-order valence-corrected chi connectivity index (χ2v) is 49.5. The van der Waals surface area contributed by atoms with Crippen molar-refractivity contribution in [1.29, 1.82) is 0 Å². The number of hydrogen-bond acceptors (Lipinski definition) is 32. The fourth-order valence-electron chi connectivity index (χ4n) is 8.66. The molecule has 0 aliphatic rings. The highest BCUT2D eigenvalue weighted by molar-refractivity contribution is 9.11.